The third-order valence-corrected chi connectivity index (χ3v) is 5.53. The number of piperazine rings is 1. The fourth-order valence-corrected chi connectivity index (χ4v) is 4.15. The fraction of sp³-hybridized carbons (Fsp3) is 0.526. The Bertz CT molecular complexity index is 741. The highest BCUT2D eigenvalue weighted by Gasteiger charge is 2.37. The number of rotatable bonds is 2. The molecule has 0 radical (unpaired) electrons. The first-order valence-electron chi connectivity index (χ1n) is 9.22. The summed E-state index contributed by atoms with van der Waals surface area (Å²) in [5.74, 6) is 1.41. The summed E-state index contributed by atoms with van der Waals surface area (Å²) < 4.78 is 0. The van der Waals surface area contributed by atoms with Crippen molar-refractivity contribution in [1.29, 1.82) is 0 Å². The maximum atomic E-state index is 6.15. The minimum Gasteiger partial charge on any atom is -0.368 e. The van der Waals surface area contributed by atoms with E-state index in [4.69, 9.17) is 10.7 Å². The Labute approximate surface area is 148 Å². The molecule has 3 N–H and O–H groups in total. The molecule has 1 fully saturated rings. The molecule has 1 saturated heterocycles. The highest BCUT2D eigenvalue weighted by molar-refractivity contribution is 5.56. The first kappa shape index (κ1) is 16.3. The zero-order chi connectivity index (χ0) is 17.3. The van der Waals surface area contributed by atoms with Crippen LogP contribution in [0.15, 0.2) is 24.4 Å². The molecule has 1 aliphatic carbocycles. The molecule has 6 nitrogen and oxygen atoms in total. The van der Waals surface area contributed by atoms with E-state index in [1.165, 1.54) is 5.56 Å². The van der Waals surface area contributed by atoms with Gasteiger partial charge in [-0.05, 0) is 38.3 Å². The zero-order valence-corrected chi connectivity index (χ0v) is 14.8. The summed E-state index contributed by atoms with van der Waals surface area (Å²) in [5, 5.41) is 3.41. The molecule has 0 saturated carbocycles. The maximum Gasteiger partial charge on any atom is 0.222 e. The van der Waals surface area contributed by atoms with Crippen LogP contribution < -0.4 is 16.0 Å². The van der Waals surface area contributed by atoms with Gasteiger partial charge >= 0.3 is 0 Å². The molecule has 0 bridgehead atoms. The standard InChI is InChI=1S/C19H26N6/c1-19(15-7-3-5-9-22-15)8-4-2-6-14-16(19)23-18(20)24-17(14)25-12-10-21-11-13-25/h3,5,7,9,21H,2,4,6,8,10-13H2,1H3,(H2,20,23,24). The third-order valence-electron chi connectivity index (χ3n) is 5.53. The zero-order valence-electron chi connectivity index (χ0n) is 14.8. The molecular weight excluding hydrogens is 312 g/mol. The van der Waals surface area contributed by atoms with E-state index in [1.807, 2.05) is 12.3 Å². The highest BCUT2D eigenvalue weighted by atomic mass is 15.2. The molecule has 6 heteroatoms. The van der Waals surface area contributed by atoms with Crippen LogP contribution in [0.2, 0.25) is 0 Å². The second-order valence-corrected chi connectivity index (χ2v) is 7.22. The van der Waals surface area contributed by atoms with Gasteiger partial charge in [-0.15, -0.1) is 0 Å². The van der Waals surface area contributed by atoms with E-state index < -0.39 is 0 Å². The molecule has 4 rings (SSSR count). The van der Waals surface area contributed by atoms with Crippen molar-refractivity contribution >= 4 is 11.8 Å². The third kappa shape index (κ3) is 2.95. The van der Waals surface area contributed by atoms with Gasteiger partial charge in [-0.3, -0.25) is 4.98 Å². The number of hydrogen-bond acceptors (Lipinski definition) is 6. The Hall–Kier alpha value is -2.21. The smallest absolute Gasteiger partial charge is 0.222 e. The molecule has 2 aromatic heterocycles. The lowest BCUT2D eigenvalue weighted by atomic mass is 9.78. The summed E-state index contributed by atoms with van der Waals surface area (Å²) in [5.41, 5.74) is 9.35. The largest absolute Gasteiger partial charge is 0.368 e. The van der Waals surface area contributed by atoms with Crippen molar-refractivity contribution < 1.29 is 0 Å². The van der Waals surface area contributed by atoms with Gasteiger partial charge in [-0.1, -0.05) is 12.5 Å². The number of nitrogen functional groups attached to an aromatic ring is 1. The number of hydrogen-bond donors (Lipinski definition) is 2. The van der Waals surface area contributed by atoms with Gasteiger partial charge in [0.15, 0.2) is 0 Å². The van der Waals surface area contributed by atoms with Gasteiger partial charge in [-0.2, -0.15) is 4.98 Å². The minimum atomic E-state index is -0.215. The number of nitrogens with one attached hydrogen (secondary N) is 1. The van der Waals surface area contributed by atoms with E-state index in [0.29, 0.717) is 5.95 Å². The van der Waals surface area contributed by atoms with Gasteiger partial charge in [-0.25, -0.2) is 4.98 Å². The van der Waals surface area contributed by atoms with Crippen molar-refractivity contribution in [1.82, 2.24) is 20.3 Å². The molecule has 1 atom stereocenters. The van der Waals surface area contributed by atoms with Crippen LogP contribution in [0.3, 0.4) is 0 Å². The fourth-order valence-electron chi connectivity index (χ4n) is 4.15. The Morgan fingerprint density at radius 3 is 2.76 bits per heavy atom. The van der Waals surface area contributed by atoms with Crippen LogP contribution in [0.4, 0.5) is 11.8 Å². The van der Waals surface area contributed by atoms with Gasteiger partial charge in [0.05, 0.1) is 16.8 Å². The van der Waals surface area contributed by atoms with Crippen molar-refractivity contribution in [3.8, 4) is 0 Å². The number of pyridine rings is 1. The number of aromatic nitrogens is 3. The molecule has 2 aliphatic rings. The summed E-state index contributed by atoms with van der Waals surface area (Å²) in [6.45, 7) is 6.15. The average Bonchev–Trinajstić information content (AvgIpc) is 2.83. The van der Waals surface area contributed by atoms with Gasteiger partial charge in [0, 0.05) is 37.9 Å². The number of nitrogens with zero attached hydrogens (tertiary/aromatic N) is 4. The summed E-state index contributed by atoms with van der Waals surface area (Å²) in [7, 11) is 0. The molecule has 0 amide bonds. The van der Waals surface area contributed by atoms with E-state index in [2.05, 4.69) is 39.2 Å². The van der Waals surface area contributed by atoms with E-state index in [9.17, 15) is 0 Å². The van der Waals surface area contributed by atoms with Crippen molar-refractivity contribution in [2.75, 3.05) is 36.8 Å². The van der Waals surface area contributed by atoms with E-state index >= 15 is 0 Å². The van der Waals surface area contributed by atoms with Gasteiger partial charge in [0.2, 0.25) is 5.95 Å². The summed E-state index contributed by atoms with van der Waals surface area (Å²) in [4.78, 5) is 16.4. The van der Waals surface area contributed by atoms with E-state index in [-0.39, 0.29) is 5.41 Å². The van der Waals surface area contributed by atoms with Crippen LogP contribution in [0.1, 0.15) is 43.1 Å². The Morgan fingerprint density at radius 2 is 2.00 bits per heavy atom. The van der Waals surface area contributed by atoms with Crippen molar-refractivity contribution in [2.45, 2.75) is 38.0 Å². The van der Waals surface area contributed by atoms with Crippen LogP contribution in [-0.4, -0.2) is 41.1 Å². The molecular formula is C19H26N6. The highest BCUT2D eigenvalue weighted by Crippen LogP contribution is 2.42. The first-order chi connectivity index (χ1) is 12.2. The Balaban J connectivity index is 1.87. The van der Waals surface area contributed by atoms with Crippen molar-refractivity contribution in [3.05, 3.63) is 41.3 Å². The predicted molar refractivity (Wildman–Crippen MR) is 99.8 cm³/mol. The lowest BCUT2D eigenvalue weighted by Gasteiger charge is -2.33. The van der Waals surface area contributed by atoms with Crippen LogP contribution in [0.5, 0.6) is 0 Å². The van der Waals surface area contributed by atoms with Gasteiger partial charge in [0.1, 0.15) is 5.82 Å². The van der Waals surface area contributed by atoms with Crippen molar-refractivity contribution in [2.24, 2.45) is 0 Å². The van der Waals surface area contributed by atoms with E-state index in [1.54, 1.807) is 0 Å². The van der Waals surface area contributed by atoms with E-state index in [0.717, 1.165) is 69.1 Å². The summed E-state index contributed by atoms with van der Waals surface area (Å²) in [6.07, 6.45) is 6.23. The Kier molecular flexibility index (Phi) is 4.29. The number of anilines is 2. The molecule has 0 aromatic carbocycles. The lowest BCUT2D eigenvalue weighted by Crippen LogP contribution is -2.44. The van der Waals surface area contributed by atoms with Gasteiger partial charge in [0.25, 0.3) is 0 Å². The normalized spacial score (nSPS) is 23.8. The molecule has 1 aliphatic heterocycles. The quantitative estimate of drug-likeness (QED) is 0.814. The summed E-state index contributed by atoms with van der Waals surface area (Å²) >= 11 is 0. The minimum absolute atomic E-state index is 0.215. The second kappa shape index (κ2) is 6.59. The van der Waals surface area contributed by atoms with Crippen molar-refractivity contribution in [3.63, 3.8) is 0 Å². The molecule has 0 spiro atoms. The number of nitrogens with two attached hydrogens (primary N) is 1. The molecule has 132 valence electrons. The average molecular weight is 338 g/mol. The SMILES string of the molecule is CC1(c2ccccn2)CCCCc2c(N3CCNCC3)nc(N)nc21. The second-order valence-electron chi connectivity index (χ2n) is 7.22. The molecule has 1 unspecified atom stereocenters. The molecule has 3 heterocycles. The summed E-state index contributed by atoms with van der Waals surface area (Å²) in [6, 6.07) is 6.13. The van der Waals surface area contributed by atoms with Crippen LogP contribution >= 0.6 is 0 Å². The first-order valence-corrected chi connectivity index (χ1v) is 9.22. The topological polar surface area (TPSA) is 80.0 Å². The van der Waals surface area contributed by atoms with Crippen LogP contribution in [0.25, 0.3) is 0 Å². The monoisotopic (exact) mass is 338 g/mol. The van der Waals surface area contributed by atoms with Gasteiger partial charge < -0.3 is 16.0 Å². The predicted octanol–water partition coefficient (Wildman–Crippen LogP) is 1.90. The van der Waals surface area contributed by atoms with Crippen LogP contribution in [0, 0.1) is 0 Å². The van der Waals surface area contributed by atoms with Crippen LogP contribution in [-0.2, 0) is 11.8 Å². The Morgan fingerprint density at radius 1 is 1.16 bits per heavy atom. The molecule has 25 heavy (non-hydrogen) atoms. The molecule has 2 aromatic rings. The lowest BCUT2D eigenvalue weighted by molar-refractivity contribution is 0.479. The maximum absolute atomic E-state index is 6.15. The number of fused-ring (bicyclic) bond motifs is 1.